The van der Waals surface area contributed by atoms with Gasteiger partial charge < -0.3 is 10.2 Å². The Kier molecular flexibility index (Phi) is 1.74. The molecule has 14 heavy (non-hydrogen) atoms. The highest BCUT2D eigenvalue weighted by atomic mass is 19.1. The smallest absolute Gasteiger partial charge is 0.314 e. The van der Waals surface area contributed by atoms with E-state index >= 15 is 0 Å². The normalized spacial score (nSPS) is 17.8. The van der Waals surface area contributed by atoms with Crippen LogP contribution in [0.5, 0.6) is 5.75 Å². The van der Waals surface area contributed by atoms with Crippen LogP contribution in [0.1, 0.15) is 18.4 Å². The number of hydrogen-bond donors (Lipinski definition) is 2. The van der Waals surface area contributed by atoms with E-state index < -0.39 is 17.2 Å². The molecule has 0 spiro atoms. The second-order valence-electron chi connectivity index (χ2n) is 3.55. The molecule has 0 aromatic heterocycles. The molecule has 1 aromatic carbocycles. The molecule has 0 unspecified atom stereocenters. The third-order valence-electron chi connectivity index (χ3n) is 2.63. The zero-order valence-electron chi connectivity index (χ0n) is 7.33. The lowest BCUT2D eigenvalue weighted by Crippen LogP contribution is -2.20. The van der Waals surface area contributed by atoms with Gasteiger partial charge in [0, 0.05) is 11.6 Å². The van der Waals surface area contributed by atoms with Crippen molar-refractivity contribution in [2.45, 2.75) is 18.3 Å². The highest BCUT2D eigenvalue weighted by Gasteiger charge is 2.53. The SMILES string of the molecule is O=C(O)C1(c2ccc(O)cc2F)CC1. The minimum atomic E-state index is -1.04. The topological polar surface area (TPSA) is 57.5 Å². The molecule has 0 heterocycles. The molecule has 0 bridgehead atoms. The Morgan fingerprint density at radius 2 is 2.07 bits per heavy atom. The molecule has 74 valence electrons. The largest absolute Gasteiger partial charge is 0.508 e. The van der Waals surface area contributed by atoms with Crippen LogP contribution in [0, 0.1) is 5.82 Å². The Hall–Kier alpha value is -1.58. The van der Waals surface area contributed by atoms with Crippen LogP contribution >= 0.6 is 0 Å². The number of carbonyl (C=O) groups is 1. The van der Waals surface area contributed by atoms with E-state index in [1.165, 1.54) is 12.1 Å². The quantitative estimate of drug-likeness (QED) is 0.756. The van der Waals surface area contributed by atoms with Gasteiger partial charge in [0.05, 0.1) is 5.41 Å². The summed E-state index contributed by atoms with van der Waals surface area (Å²) in [6.45, 7) is 0. The number of carboxylic acids is 1. The molecule has 1 aliphatic rings. The van der Waals surface area contributed by atoms with E-state index in [1.807, 2.05) is 0 Å². The lowest BCUT2D eigenvalue weighted by molar-refractivity contribution is -0.140. The molecule has 0 radical (unpaired) electrons. The number of rotatable bonds is 2. The summed E-state index contributed by atoms with van der Waals surface area (Å²) in [5.41, 5.74) is -0.875. The average Bonchev–Trinajstić information content (AvgIpc) is 2.84. The second-order valence-corrected chi connectivity index (χ2v) is 3.55. The zero-order chi connectivity index (χ0) is 10.3. The molecular formula is C10H9FO3. The van der Waals surface area contributed by atoms with Gasteiger partial charge in [-0.05, 0) is 18.9 Å². The maximum Gasteiger partial charge on any atom is 0.314 e. The van der Waals surface area contributed by atoms with Gasteiger partial charge in [0.15, 0.2) is 0 Å². The lowest BCUT2D eigenvalue weighted by Gasteiger charge is -2.10. The zero-order valence-corrected chi connectivity index (χ0v) is 7.33. The van der Waals surface area contributed by atoms with Crippen LogP contribution in [0.4, 0.5) is 4.39 Å². The minimum Gasteiger partial charge on any atom is -0.508 e. The van der Waals surface area contributed by atoms with Gasteiger partial charge in [0.25, 0.3) is 0 Å². The number of carboxylic acid groups (broad SMARTS) is 1. The highest BCUT2D eigenvalue weighted by Crippen LogP contribution is 2.49. The van der Waals surface area contributed by atoms with Gasteiger partial charge in [-0.3, -0.25) is 4.79 Å². The Morgan fingerprint density at radius 3 is 2.50 bits per heavy atom. The van der Waals surface area contributed by atoms with E-state index in [0.29, 0.717) is 12.8 Å². The van der Waals surface area contributed by atoms with Crippen LogP contribution in [0.2, 0.25) is 0 Å². The van der Waals surface area contributed by atoms with Gasteiger partial charge in [-0.1, -0.05) is 6.07 Å². The highest BCUT2D eigenvalue weighted by molar-refractivity contribution is 5.85. The van der Waals surface area contributed by atoms with Crippen LogP contribution in [0.15, 0.2) is 18.2 Å². The maximum atomic E-state index is 13.3. The summed E-state index contributed by atoms with van der Waals surface area (Å²) in [7, 11) is 0. The number of aromatic hydroxyl groups is 1. The van der Waals surface area contributed by atoms with Crippen LogP contribution in [0.25, 0.3) is 0 Å². The van der Waals surface area contributed by atoms with Gasteiger partial charge in [0.2, 0.25) is 0 Å². The molecular weight excluding hydrogens is 187 g/mol. The van der Waals surface area contributed by atoms with Crippen molar-refractivity contribution >= 4 is 5.97 Å². The van der Waals surface area contributed by atoms with Crippen molar-refractivity contribution in [3.8, 4) is 5.75 Å². The van der Waals surface area contributed by atoms with Crippen molar-refractivity contribution < 1.29 is 19.4 Å². The fourth-order valence-corrected chi connectivity index (χ4v) is 1.62. The predicted octanol–water partition coefficient (Wildman–Crippen LogP) is 1.65. The first-order valence-corrected chi connectivity index (χ1v) is 4.29. The fraction of sp³-hybridized carbons (Fsp3) is 0.300. The molecule has 1 aromatic rings. The van der Waals surface area contributed by atoms with Crippen LogP contribution < -0.4 is 0 Å². The number of benzene rings is 1. The molecule has 3 nitrogen and oxygen atoms in total. The first-order valence-electron chi connectivity index (χ1n) is 4.29. The van der Waals surface area contributed by atoms with Gasteiger partial charge in [-0.25, -0.2) is 4.39 Å². The van der Waals surface area contributed by atoms with Gasteiger partial charge in [-0.15, -0.1) is 0 Å². The Morgan fingerprint density at radius 1 is 1.43 bits per heavy atom. The van der Waals surface area contributed by atoms with Crippen LogP contribution in [-0.4, -0.2) is 16.2 Å². The number of phenolic OH excluding ortho intramolecular Hbond substituents is 1. The standard InChI is InChI=1S/C10H9FO3/c11-8-5-6(12)1-2-7(8)10(3-4-10)9(13)14/h1-2,5,12H,3-4H2,(H,13,14). The number of halogens is 1. The minimum absolute atomic E-state index is 0.169. The first-order chi connectivity index (χ1) is 6.56. The number of hydrogen-bond acceptors (Lipinski definition) is 2. The summed E-state index contributed by atoms with van der Waals surface area (Å²) in [6, 6.07) is 3.59. The molecule has 0 aliphatic heterocycles. The molecule has 1 aliphatic carbocycles. The third-order valence-corrected chi connectivity index (χ3v) is 2.63. The van der Waals surface area contributed by atoms with Crippen molar-refractivity contribution in [2.75, 3.05) is 0 Å². The summed E-state index contributed by atoms with van der Waals surface area (Å²) in [5, 5.41) is 17.9. The van der Waals surface area contributed by atoms with E-state index in [-0.39, 0.29) is 11.3 Å². The number of aliphatic carboxylic acids is 1. The third kappa shape index (κ3) is 1.14. The molecule has 2 N–H and O–H groups in total. The van der Waals surface area contributed by atoms with Gasteiger partial charge in [-0.2, -0.15) is 0 Å². The summed E-state index contributed by atoms with van der Waals surface area (Å²) in [6.07, 6.45) is 0.925. The molecule has 0 amide bonds. The molecule has 1 saturated carbocycles. The van der Waals surface area contributed by atoms with E-state index in [2.05, 4.69) is 0 Å². The van der Waals surface area contributed by atoms with Crippen molar-refractivity contribution in [1.29, 1.82) is 0 Å². The molecule has 2 rings (SSSR count). The van der Waals surface area contributed by atoms with Gasteiger partial charge in [0.1, 0.15) is 11.6 Å². The van der Waals surface area contributed by atoms with Crippen LogP contribution in [0.3, 0.4) is 0 Å². The maximum absolute atomic E-state index is 13.3. The second kappa shape index (κ2) is 2.70. The summed E-state index contributed by atoms with van der Waals surface area (Å²) in [4.78, 5) is 10.9. The molecule has 0 saturated heterocycles. The Bertz CT molecular complexity index is 396. The average molecular weight is 196 g/mol. The van der Waals surface area contributed by atoms with Gasteiger partial charge >= 0.3 is 5.97 Å². The van der Waals surface area contributed by atoms with Crippen LogP contribution in [-0.2, 0) is 10.2 Å². The molecule has 0 atom stereocenters. The molecule has 4 heteroatoms. The molecule has 1 fully saturated rings. The first kappa shape index (κ1) is 8.99. The van der Waals surface area contributed by atoms with E-state index in [4.69, 9.17) is 10.2 Å². The van der Waals surface area contributed by atoms with Crippen molar-refractivity contribution in [3.05, 3.63) is 29.6 Å². The van der Waals surface area contributed by atoms with Crippen molar-refractivity contribution in [3.63, 3.8) is 0 Å². The Balaban J connectivity index is 2.47. The van der Waals surface area contributed by atoms with Crippen molar-refractivity contribution in [1.82, 2.24) is 0 Å². The van der Waals surface area contributed by atoms with Crippen molar-refractivity contribution in [2.24, 2.45) is 0 Å². The lowest BCUT2D eigenvalue weighted by atomic mass is 9.95. The Labute approximate surface area is 79.8 Å². The summed E-state index contributed by atoms with van der Waals surface area (Å²) < 4.78 is 13.3. The fourth-order valence-electron chi connectivity index (χ4n) is 1.62. The summed E-state index contributed by atoms with van der Waals surface area (Å²) >= 11 is 0. The van der Waals surface area contributed by atoms with E-state index in [0.717, 1.165) is 6.07 Å². The monoisotopic (exact) mass is 196 g/mol. The van der Waals surface area contributed by atoms with E-state index in [9.17, 15) is 9.18 Å². The van der Waals surface area contributed by atoms with E-state index in [1.54, 1.807) is 0 Å². The predicted molar refractivity (Wildman–Crippen MR) is 46.6 cm³/mol. The summed E-state index contributed by atoms with van der Waals surface area (Å²) in [5.74, 6) is -1.83. The number of phenols is 1.